The van der Waals surface area contributed by atoms with Gasteiger partial charge in [-0.15, -0.1) is 0 Å². The number of fused-ring (bicyclic) bond motifs is 3. The number of rotatable bonds is 0. The second-order valence-electron chi connectivity index (χ2n) is 4.22. The van der Waals surface area contributed by atoms with Crippen molar-refractivity contribution in [1.82, 2.24) is 9.97 Å². The third-order valence-corrected chi connectivity index (χ3v) is 3.19. The molecule has 1 aromatic carbocycles. The molecule has 0 unspecified atom stereocenters. The molecular weight excluding hydrogens is 243 g/mol. The van der Waals surface area contributed by atoms with Gasteiger partial charge in [0.05, 0.1) is 11.4 Å². The van der Waals surface area contributed by atoms with E-state index >= 15 is 0 Å². The monoisotopic (exact) mass is 250 g/mol. The minimum absolute atomic E-state index is 0.0458. The van der Waals surface area contributed by atoms with Gasteiger partial charge in [0, 0.05) is 5.39 Å². The zero-order valence-corrected chi connectivity index (χ0v) is 9.95. The molecule has 1 N–H and O–H groups in total. The highest BCUT2D eigenvalue weighted by Crippen LogP contribution is 2.34. The molecule has 0 radical (unpaired) electrons. The van der Waals surface area contributed by atoms with E-state index in [4.69, 9.17) is 10.5 Å². The Labute approximate surface area is 108 Å². The molecule has 1 aliphatic carbocycles. The lowest BCUT2D eigenvalue weighted by atomic mass is 10.1. The van der Waals surface area contributed by atoms with Gasteiger partial charge in [-0.2, -0.15) is 10.5 Å². The molecular formula is C14H7FN4. The molecule has 0 bridgehead atoms. The van der Waals surface area contributed by atoms with Crippen LogP contribution < -0.4 is 0 Å². The maximum absolute atomic E-state index is 13.5. The number of benzene rings is 1. The third-order valence-electron chi connectivity index (χ3n) is 3.19. The summed E-state index contributed by atoms with van der Waals surface area (Å²) in [5.41, 5.74) is 1.89. The van der Waals surface area contributed by atoms with Crippen LogP contribution in [-0.4, -0.2) is 9.97 Å². The van der Waals surface area contributed by atoms with E-state index in [0.29, 0.717) is 17.0 Å². The molecule has 0 fully saturated rings. The first kappa shape index (κ1) is 11.2. The van der Waals surface area contributed by atoms with Crippen LogP contribution in [0.1, 0.15) is 17.0 Å². The van der Waals surface area contributed by atoms with Crippen molar-refractivity contribution in [2.45, 2.75) is 6.92 Å². The van der Waals surface area contributed by atoms with Gasteiger partial charge in [-0.05, 0) is 36.1 Å². The molecule has 2 aliphatic rings. The predicted octanol–water partition coefficient (Wildman–Crippen LogP) is 2.86. The molecule has 3 rings (SSSR count). The van der Waals surface area contributed by atoms with Gasteiger partial charge >= 0.3 is 0 Å². The molecule has 0 spiro atoms. The van der Waals surface area contributed by atoms with Crippen LogP contribution in [-0.2, 0) is 0 Å². The van der Waals surface area contributed by atoms with Gasteiger partial charge in [-0.3, -0.25) is 0 Å². The minimum Gasteiger partial charge on any atom is -0.343 e. The van der Waals surface area contributed by atoms with Crippen LogP contribution in [0.2, 0.25) is 0 Å². The molecule has 0 amide bonds. The standard InChI is InChI=1S/C14H7FN4/c1-7-9-4-11-14(8(9)2-3-10(7)15)19-13(6-17)12(5-16)18-11/h2-4,18H,1H3. The number of nitriles is 2. The van der Waals surface area contributed by atoms with Crippen molar-refractivity contribution in [3.63, 3.8) is 0 Å². The molecule has 1 heterocycles. The van der Waals surface area contributed by atoms with E-state index in [0.717, 1.165) is 10.8 Å². The third kappa shape index (κ3) is 1.46. The van der Waals surface area contributed by atoms with Crippen molar-refractivity contribution >= 4 is 10.8 Å². The zero-order chi connectivity index (χ0) is 13.6. The topological polar surface area (TPSA) is 76.3 Å². The second-order valence-corrected chi connectivity index (χ2v) is 4.22. The van der Waals surface area contributed by atoms with E-state index in [-0.39, 0.29) is 17.2 Å². The normalized spacial score (nSPS) is 10.5. The lowest BCUT2D eigenvalue weighted by Gasteiger charge is -2.02. The van der Waals surface area contributed by atoms with Crippen molar-refractivity contribution in [3.8, 4) is 23.5 Å². The predicted molar refractivity (Wildman–Crippen MR) is 66.8 cm³/mol. The highest BCUT2D eigenvalue weighted by molar-refractivity contribution is 6.01. The smallest absolute Gasteiger partial charge is 0.175 e. The van der Waals surface area contributed by atoms with Crippen LogP contribution in [0.4, 0.5) is 4.39 Å². The van der Waals surface area contributed by atoms with Crippen LogP contribution in [0.15, 0.2) is 18.2 Å². The average Bonchev–Trinajstić information content (AvgIpc) is 2.79. The van der Waals surface area contributed by atoms with Crippen molar-refractivity contribution in [1.29, 1.82) is 10.5 Å². The summed E-state index contributed by atoms with van der Waals surface area (Å²) in [6, 6.07) is 8.53. The van der Waals surface area contributed by atoms with Crippen LogP contribution in [0.25, 0.3) is 22.2 Å². The van der Waals surface area contributed by atoms with E-state index in [1.54, 1.807) is 19.1 Å². The highest BCUT2D eigenvalue weighted by Gasteiger charge is 2.18. The quantitative estimate of drug-likeness (QED) is 0.666. The fraction of sp³-hybridized carbons (Fsp3) is 0.0714. The number of aromatic amines is 1. The Bertz CT molecular complexity index is 864. The van der Waals surface area contributed by atoms with E-state index < -0.39 is 0 Å². The molecule has 1 aromatic rings. The number of halogens is 1. The number of aromatic nitrogens is 2. The fourth-order valence-electron chi connectivity index (χ4n) is 2.19. The Morgan fingerprint density at radius 1 is 1.21 bits per heavy atom. The summed E-state index contributed by atoms with van der Waals surface area (Å²) in [7, 11) is 0. The average molecular weight is 250 g/mol. The summed E-state index contributed by atoms with van der Waals surface area (Å²) in [5.74, 6) is -0.288. The van der Waals surface area contributed by atoms with Crippen LogP contribution >= 0.6 is 0 Å². The lowest BCUT2D eigenvalue weighted by Crippen LogP contribution is -1.97. The molecule has 0 saturated heterocycles. The molecule has 90 valence electrons. The number of nitrogens with zero attached hydrogens (tertiary/aromatic N) is 3. The van der Waals surface area contributed by atoms with E-state index in [1.165, 1.54) is 6.07 Å². The number of nitrogens with one attached hydrogen (secondary N) is 1. The van der Waals surface area contributed by atoms with Gasteiger partial charge in [-0.25, -0.2) is 9.37 Å². The van der Waals surface area contributed by atoms with Gasteiger partial charge in [0.15, 0.2) is 11.4 Å². The number of hydrogen-bond donors (Lipinski definition) is 1. The second kappa shape index (κ2) is 3.79. The fourth-order valence-corrected chi connectivity index (χ4v) is 2.19. The van der Waals surface area contributed by atoms with Crippen LogP contribution in [0.5, 0.6) is 0 Å². The largest absolute Gasteiger partial charge is 0.343 e. The summed E-state index contributed by atoms with van der Waals surface area (Å²) in [5, 5.41) is 19.4. The molecule has 0 saturated carbocycles. The first-order chi connectivity index (χ1) is 9.15. The molecule has 4 nitrogen and oxygen atoms in total. The van der Waals surface area contributed by atoms with Crippen molar-refractivity contribution in [2.75, 3.05) is 0 Å². The van der Waals surface area contributed by atoms with Crippen LogP contribution in [0.3, 0.4) is 0 Å². The molecule has 1 aliphatic heterocycles. The van der Waals surface area contributed by atoms with Gasteiger partial charge in [-0.1, -0.05) is 0 Å². The van der Waals surface area contributed by atoms with Gasteiger partial charge in [0.1, 0.15) is 18.0 Å². The zero-order valence-electron chi connectivity index (χ0n) is 9.95. The van der Waals surface area contributed by atoms with E-state index in [9.17, 15) is 4.39 Å². The summed E-state index contributed by atoms with van der Waals surface area (Å²) in [6.45, 7) is 1.69. The SMILES string of the molecule is Cc1c(F)ccc2c3nc(C#N)c(C#N)[nH]c-3cc12. The number of aryl methyl sites for hydroxylation is 1. The minimum atomic E-state index is -0.288. The summed E-state index contributed by atoms with van der Waals surface area (Å²) in [6.07, 6.45) is 0. The van der Waals surface area contributed by atoms with Gasteiger partial charge in [0.25, 0.3) is 0 Å². The lowest BCUT2D eigenvalue weighted by molar-refractivity contribution is 0.621. The van der Waals surface area contributed by atoms with Crippen molar-refractivity contribution in [3.05, 3.63) is 41.0 Å². The maximum Gasteiger partial charge on any atom is 0.175 e. The molecule has 0 atom stereocenters. The van der Waals surface area contributed by atoms with Gasteiger partial charge in [0.2, 0.25) is 0 Å². The Morgan fingerprint density at radius 3 is 2.68 bits per heavy atom. The van der Waals surface area contributed by atoms with Crippen molar-refractivity contribution in [2.24, 2.45) is 0 Å². The Kier molecular flexibility index (Phi) is 2.23. The first-order valence-electron chi connectivity index (χ1n) is 5.57. The Balaban J connectivity index is 2.49. The van der Waals surface area contributed by atoms with Crippen LogP contribution in [0, 0.1) is 35.4 Å². The molecule has 0 aromatic heterocycles. The number of hydrogen-bond acceptors (Lipinski definition) is 3. The van der Waals surface area contributed by atoms with E-state index in [2.05, 4.69) is 9.97 Å². The molecule has 5 heteroatoms. The summed E-state index contributed by atoms with van der Waals surface area (Å²) < 4.78 is 13.5. The Morgan fingerprint density at radius 2 is 2.00 bits per heavy atom. The highest BCUT2D eigenvalue weighted by atomic mass is 19.1. The van der Waals surface area contributed by atoms with Crippen molar-refractivity contribution < 1.29 is 4.39 Å². The first-order valence-corrected chi connectivity index (χ1v) is 5.57. The summed E-state index contributed by atoms with van der Waals surface area (Å²) >= 11 is 0. The number of H-pyrrole nitrogens is 1. The molecule has 19 heavy (non-hydrogen) atoms. The van der Waals surface area contributed by atoms with Gasteiger partial charge < -0.3 is 4.98 Å². The maximum atomic E-state index is 13.5. The summed E-state index contributed by atoms with van der Waals surface area (Å²) in [4.78, 5) is 7.05. The van der Waals surface area contributed by atoms with E-state index in [1.807, 2.05) is 12.1 Å². The Hall–Kier alpha value is -2.92.